The van der Waals surface area contributed by atoms with E-state index in [0.29, 0.717) is 30.7 Å². The maximum absolute atomic E-state index is 12.2. The molecule has 0 aromatic carbocycles. The number of rotatable bonds is 4. The summed E-state index contributed by atoms with van der Waals surface area (Å²) < 4.78 is 4.84. The van der Waals surface area contributed by atoms with E-state index in [1.807, 2.05) is 0 Å². The highest BCUT2D eigenvalue weighted by molar-refractivity contribution is 5.87. The molecule has 1 aliphatic carbocycles. The number of amides is 3. The van der Waals surface area contributed by atoms with Crippen molar-refractivity contribution in [1.29, 1.82) is 0 Å². The van der Waals surface area contributed by atoms with Crippen molar-refractivity contribution in [2.24, 2.45) is 0 Å². The Kier molecular flexibility index (Phi) is 3.76. The summed E-state index contributed by atoms with van der Waals surface area (Å²) in [5, 5.41) is 9.40. The number of likely N-dealkylation sites (tertiary alicyclic amines) is 1. The van der Waals surface area contributed by atoms with Gasteiger partial charge in [0.05, 0.1) is 6.54 Å². The number of aromatic nitrogens is 2. The van der Waals surface area contributed by atoms with E-state index in [1.165, 1.54) is 0 Å². The van der Waals surface area contributed by atoms with Crippen molar-refractivity contribution in [2.75, 3.05) is 6.54 Å². The van der Waals surface area contributed by atoms with Gasteiger partial charge in [-0.05, 0) is 25.7 Å². The second-order valence-electron chi connectivity index (χ2n) is 5.52. The molecule has 0 spiro atoms. The quantitative estimate of drug-likeness (QED) is 0.833. The zero-order valence-electron chi connectivity index (χ0n) is 12.0. The Morgan fingerprint density at radius 2 is 2.19 bits per heavy atom. The maximum Gasteiger partial charge on any atom is 0.318 e. The van der Waals surface area contributed by atoms with Crippen LogP contribution in [-0.2, 0) is 11.3 Å². The van der Waals surface area contributed by atoms with Crippen molar-refractivity contribution in [3.8, 4) is 0 Å². The van der Waals surface area contributed by atoms with Gasteiger partial charge in [0, 0.05) is 19.5 Å². The molecular weight excluding hydrogens is 274 g/mol. The highest BCUT2D eigenvalue weighted by Gasteiger charge is 2.36. The van der Waals surface area contributed by atoms with E-state index < -0.39 is 0 Å². The summed E-state index contributed by atoms with van der Waals surface area (Å²) in [6, 6.07) is -0.311. The van der Waals surface area contributed by atoms with Crippen LogP contribution in [0.15, 0.2) is 4.52 Å². The lowest BCUT2D eigenvalue weighted by atomic mass is 10.2. The third-order valence-corrected chi connectivity index (χ3v) is 3.71. The predicted octanol–water partition coefficient (Wildman–Crippen LogP) is 0.331. The minimum atomic E-state index is -0.363. The van der Waals surface area contributed by atoms with Crippen LogP contribution < -0.4 is 10.6 Å². The third kappa shape index (κ3) is 3.32. The van der Waals surface area contributed by atoms with E-state index in [4.69, 9.17) is 4.52 Å². The molecule has 0 bridgehead atoms. The molecule has 2 heterocycles. The van der Waals surface area contributed by atoms with Gasteiger partial charge in [-0.3, -0.25) is 4.79 Å². The number of aryl methyl sites for hydroxylation is 1. The number of urea groups is 1. The Hall–Kier alpha value is -2.12. The van der Waals surface area contributed by atoms with E-state index in [2.05, 4.69) is 20.8 Å². The van der Waals surface area contributed by atoms with Gasteiger partial charge in [0.1, 0.15) is 6.04 Å². The van der Waals surface area contributed by atoms with Gasteiger partial charge in [-0.2, -0.15) is 4.98 Å². The van der Waals surface area contributed by atoms with E-state index in [0.717, 1.165) is 19.3 Å². The molecule has 1 atom stereocenters. The number of nitrogens with one attached hydrogen (secondary N) is 2. The molecule has 2 aliphatic rings. The molecule has 1 saturated heterocycles. The molecule has 1 aromatic rings. The SMILES string of the molecule is Cc1nc(CNC(=O)N2CCCC2C(=O)NC2CC2)no1. The summed E-state index contributed by atoms with van der Waals surface area (Å²) in [6.45, 7) is 2.49. The average Bonchev–Trinajstić information content (AvgIpc) is 2.99. The molecule has 8 nitrogen and oxygen atoms in total. The van der Waals surface area contributed by atoms with E-state index in [-0.39, 0.29) is 24.5 Å². The Morgan fingerprint density at radius 3 is 2.86 bits per heavy atom. The van der Waals surface area contributed by atoms with Crippen LogP contribution in [0.4, 0.5) is 4.79 Å². The summed E-state index contributed by atoms with van der Waals surface area (Å²) in [4.78, 5) is 29.9. The van der Waals surface area contributed by atoms with Crippen LogP contribution in [-0.4, -0.2) is 45.6 Å². The number of hydrogen-bond acceptors (Lipinski definition) is 5. The van der Waals surface area contributed by atoms with Crippen LogP contribution in [0, 0.1) is 6.92 Å². The molecule has 3 amide bonds. The molecular formula is C13H19N5O3. The van der Waals surface area contributed by atoms with Gasteiger partial charge >= 0.3 is 6.03 Å². The van der Waals surface area contributed by atoms with Gasteiger partial charge in [0.15, 0.2) is 5.82 Å². The van der Waals surface area contributed by atoms with Crippen molar-refractivity contribution in [3.05, 3.63) is 11.7 Å². The second kappa shape index (κ2) is 5.71. The molecule has 1 aliphatic heterocycles. The number of hydrogen-bond donors (Lipinski definition) is 2. The fourth-order valence-electron chi connectivity index (χ4n) is 2.48. The molecule has 1 aromatic heterocycles. The van der Waals surface area contributed by atoms with Gasteiger partial charge < -0.3 is 20.1 Å². The first-order chi connectivity index (χ1) is 10.1. The van der Waals surface area contributed by atoms with Gasteiger partial charge in [-0.15, -0.1) is 0 Å². The van der Waals surface area contributed by atoms with Crippen molar-refractivity contribution in [2.45, 2.75) is 51.2 Å². The molecule has 2 fully saturated rings. The van der Waals surface area contributed by atoms with Crippen molar-refractivity contribution in [3.63, 3.8) is 0 Å². The normalized spacial score (nSPS) is 21.4. The van der Waals surface area contributed by atoms with Crippen molar-refractivity contribution >= 4 is 11.9 Å². The molecule has 21 heavy (non-hydrogen) atoms. The summed E-state index contributed by atoms with van der Waals surface area (Å²) in [5.41, 5.74) is 0. The lowest BCUT2D eigenvalue weighted by molar-refractivity contribution is -0.124. The van der Waals surface area contributed by atoms with Crippen molar-refractivity contribution < 1.29 is 14.1 Å². The molecule has 114 valence electrons. The molecule has 2 N–H and O–H groups in total. The first kappa shape index (κ1) is 13.8. The number of nitrogens with zero attached hydrogens (tertiary/aromatic N) is 3. The highest BCUT2D eigenvalue weighted by atomic mass is 16.5. The van der Waals surface area contributed by atoms with E-state index in [1.54, 1.807) is 11.8 Å². The molecule has 8 heteroatoms. The number of carbonyl (C=O) groups excluding carboxylic acids is 2. The Labute approximate surface area is 122 Å². The van der Waals surface area contributed by atoms with Gasteiger partial charge in [0.2, 0.25) is 11.8 Å². The maximum atomic E-state index is 12.2. The van der Waals surface area contributed by atoms with Gasteiger partial charge in [-0.25, -0.2) is 4.79 Å². The van der Waals surface area contributed by atoms with Gasteiger partial charge in [0.25, 0.3) is 0 Å². The van der Waals surface area contributed by atoms with Crippen LogP contribution in [0.1, 0.15) is 37.4 Å². The zero-order chi connectivity index (χ0) is 14.8. The second-order valence-corrected chi connectivity index (χ2v) is 5.52. The van der Waals surface area contributed by atoms with E-state index in [9.17, 15) is 9.59 Å². The fraction of sp³-hybridized carbons (Fsp3) is 0.692. The molecule has 1 unspecified atom stereocenters. The highest BCUT2D eigenvalue weighted by Crippen LogP contribution is 2.22. The van der Waals surface area contributed by atoms with E-state index >= 15 is 0 Å². The summed E-state index contributed by atoms with van der Waals surface area (Å²) >= 11 is 0. The smallest absolute Gasteiger partial charge is 0.318 e. The number of carbonyl (C=O) groups is 2. The summed E-state index contributed by atoms with van der Waals surface area (Å²) in [7, 11) is 0. The lowest BCUT2D eigenvalue weighted by Crippen LogP contribution is -2.49. The summed E-state index contributed by atoms with van der Waals surface area (Å²) in [5.74, 6) is 0.849. The lowest BCUT2D eigenvalue weighted by Gasteiger charge is -2.23. The minimum Gasteiger partial charge on any atom is -0.352 e. The van der Waals surface area contributed by atoms with Crippen LogP contribution in [0.2, 0.25) is 0 Å². The Morgan fingerprint density at radius 1 is 1.38 bits per heavy atom. The zero-order valence-corrected chi connectivity index (χ0v) is 12.0. The van der Waals surface area contributed by atoms with Crippen LogP contribution in [0.3, 0.4) is 0 Å². The van der Waals surface area contributed by atoms with Crippen molar-refractivity contribution in [1.82, 2.24) is 25.7 Å². The minimum absolute atomic E-state index is 0.0412. The molecule has 1 saturated carbocycles. The fourth-order valence-corrected chi connectivity index (χ4v) is 2.48. The third-order valence-electron chi connectivity index (χ3n) is 3.71. The summed E-state index contributed by atoms with van der Waals surface area (Å²) in [6.07, 6.45) is 3.65. The topological polar surface area (TPSA) is 100 Å². The predicted molar refractivity (Wildman–Crippen MR) is 72.2 cm³/mol. The molecule has 3 rings (SSSR count). The monoisotopic (exact) mass is 293 g/mol. The molecule has 0 radical (unpaired) electrons. The Balaban J connectivity index is 1.53. The van der Waals surface area contributed by atoms with Crippen LogP contribution in [0.5, 0.6) is 0 Å². The Bertz CT molecular complexity index is 540. The average molecular weight is 293 g/mol. The largest absolute Gasteiger partial charge is 0.352 e. The van der Waals surface area contributed by atoms with Gasteiger partial charge in [-0.1, -0.05) is 5.16 Å². The standard InChI is InChI=1S/C13H19N5O3/c1-8-15-11(17-21-8)7-14-13(20)18-6-2-3-10(18)12(19)16-9-4-5-9/h9-10H,2-7H2,1H3,(H,14,20)(H,16,19). The van der Waals surface area contributed by atoms with Crippen LogP contribution >= 0.6 is 0 Å². The first-order valence-corrected chi connectivity index (χ1v) is 7.27. The first-order valence-electron chi connectivity index (χ1n) is 7.27. The van der Waals surface area contributed by atoms with Crippen LogP contribution in [0.25, 0.3) is 0 Å².